The summed E-state index contributed by atoms with van der Waals surface area (Å²) in [6.45, 7) is 4.22. The predicted octanol–water partition coefficient (Wildman–Crippen LogP) is 2.66. The standard InChI is InChI=1S/C18H23NO5S2/c1-14-5-6-18(12-15(14)2)26(22,23)19-9-7-17(8-10-19)25(20,21)13-16-4-3-11-24-16/h3-6,11-12,17H,7-10,13H2,1-2H3. The topological polar surface area (TPSA) is 84.7 Å². The third kappa shape index (κ3) is 3.87. The van der Waals surface area contributed by atoms with E-state index in [0.717, 1.165) is 11.1 Å². The number of aryl methyl sites for hydroxylation is 2. The van der Waals surface area contributed by atoms with E-state index in [1.807, 2.05) is 13.8 Å². The van der Waals surface area contributed by atoms with Gasteiger partial charge in [0, 0.05) is 13.1 Å². The molecule has 26 heavy (non-hydrogen) atoms. The highest BCUT2D eigenvalue weighted by atomic mass is 32.2. The zero-order valence-electron chi connectivity index (χ0n) is 14.9. The molecular weight excluding hydrogens is 374 g/mol. The monoisotopic (exact) mass is 397 g/mol. The van der Waals surface area contributed by atoms with Crippen molar-refractivity contribution in [1.82, 2.24) is 4.31 Å². The smallest absolute Gasteiger partial charge is 0.243 e. The molecule has 2 aromatic rings. The van der Waals surface area contributed by atoms with Gasteiger partial charge in [-0.25, -0.2) is 16.8 Å². The van der Waals surface area contributed by atoms with Crippen LogP contribution >= 0.6 is 0 Å². The third-order valence-electron chi connectivity index (χ3n) is 4.95. The second-order valence-corrected chi connectivity index (χ2v) is 11.0. The summed E-state index contributed by atoms with van der Waals surface area (Å²) in [5, 5.41) is -0.543. The van der Waals surface area contributed by atoms with E-state index in [2.05, 4.69) is 0 Å². The summed E-state index contributed by atoms with van der Waals surface area (Å²) < 4.78 is 57.2. The molecule has 8 heteroatoms. The van der Waals surface area contributed by atoms with Crippen LogP contribution in [0.3, 0.4) is 0 Å². The van der Waals surface area contributed by atoms with Crippen molar-refractivity contribution in [1.29, 1.82) is 0 Å². The van der Waals surface area contributed by atoms with Crippen LogP contribution in [0, 0.1) is 13.8 Å². The summed E-state index contributed by atoms with van der Waals surface area (Å²) in [6.07, 6.45) is 2.05. The molecule has 1 fully saturated rings. The molecule has 1 aromatic heterocycles. The molecule has 0 radical (unpaired) electrons. The minimum absolute atomic E-state index is 0.144. The molecule has 1 aliphatic rings. The van der Waals surface area contributed by atoms with E-state index in [1.54, 1.807) is 30.3 Å². The number of rotatable bonds is 5. The van der Waals surface area contributed by atoms with Gasteiger partial charge in [0.25, 0.3) is 0 Å². The van der Waals surface area contributed by atoms with Crippen LogP contribution in [0.1, 0.15) is 29.7 Å². The highest BCUT2D eigenvalue weighted by Crippen LogP contribution is 2.26. The third-order valence-corrected chi connectivity index (χ3v) is 9.02. The lowest BCUT2D eigenvalue weighted by atomic mass is 10.1. The average Bonchev–Trinajstić information content (AvgIpc) is 3.09. The van der Waals surface area contributed by atoms with Gasteiger partial charge >= 0.3 is 0 Å². The Morgan fingerprint density at radius 1 is 1.04 bits per heavy atom. The maximum Gasteiger partial charge on any atom is 0.243 e. The SMILES string of the molecule is Cc1ccc(S(=O)(=O)N2CCC(S(=O)(=O)Cc3ccco3)CC2)cc1C. The minimum atomic E-state index is -3.60. The van der Waals surface area contributed by atoms with E-state index >= 15 is 0 Å². The normalized spacial score (nSPS) is 17.5. The van der Waals surface area contributed by atoms with E-state index in [1.165, 1.54) is 10.6 Å². The molecule has 1 aromatic carbocycles. The van der Waals surface area contributed by atoms with Crippen LogP contribution < -0.4 is 0 Å². The summed E-state index contributed by atoms with van der Waals surface area (Å²) in [4.78, 5) is 0.262. The number of furan rings is 1. The first kappa shape index (κ1) is 19.1. The summed E-state index contributed by atoms with van der Waals surface area (Å²) in [5.74, 6) is 0.268. The lowest BCUT2D eigenvalue weighted by Crippen LogP contribution is -2.42. The fourth-order valence-corrected chi connectivity index (χ4v) is 6.45. The van der Waals surface area contributed by atoms with Crippen molar-refractivity contribution in [2.75, 3.05) is 13.1 Å². The minimum Gasteiger partial charge on any atom is -0.468 e. The molecule has 0 amide bonds. The molecule has 0 bridgehead atoms. The van der Waals surface area contributed by atoms with Crippen LogP contribution in [-0.4, -0.2) is 39.5 Å². The van der Waals surface area contributed by atoms with E-state index in [-0.39, 0.29) is 23.7 Å². The molecule has 0 aliphatic carbocycles. The van der Waals surface area contributed by atoms with Gasteiger partial charge in [-0.15, -0.1) is 0 Å². The highest BCUT2D eigenvalue weighted by Gasteiger charge is 2.35. The summed E-state index contributed by atoms with van der Waals surface area (Å²) in [6, 6.07) is 8.37. The molecule has 1 saturated heterocycles. The van der Waals surface area contributed by atoms with Crippen LogP contribution in [0.25, 0.3) is 0 Å². The number of hydrogen-bond acceptors (Lipinski definition) is 5. The molecule has 0 atom stereocenters. The van der Waals surface area contributed by atoms with Crippen LogP contribution in [-0.2, 0) is 25.6 Å². The number of sulfone groups is 1. The molecule has 6 nitrogen and oxygen atoms in total. The Kier molecular flexibility index (Phi) is 5.28. The second-order valence-electron chi connectivity index (χ2n) is 6.74. The van der Waals surface area contributed by atoms with Crippen molar-refractivity contribution in [3.8, 4) is 0 Å². The molecule has 0 N–H and O–H groups in total. The Bertz CT molecular complexity index is 971. The lowest BCUT2D eigenvalue weighted by Gasteiger charge is -2.31. The number of nitrogens with zero attached hydrogens (tertiary/aromatic N) is 1. The molecule has 3 rings (SSSR count). The van der Waals surface area contributed by atoms with Gasteiger partial charge in [-0.1, -0.05) is 6.07 Å². The summed E-state index contributed by atoms with van der Waals surface area (Å²) in [5.41, 5.74) is 1.95. The molecule has 1 aliphatic heterocycles. The highest BCUT2D eigenvalue weighted by molar-refractivity contribution is 7.91. The van der Waals surface area contributed by atoms with Gasteiger partial charge in [-0.3, -0.25) is 0 Å². The van der Waals surface area contributed by atoms with Crippen molar-refractivity contribution in [2.24, 2.45) is 0 Å². The zero-order valence-corrected chi connectivity index (χ0v) is 16.5. The van der Waals surface area contributed by atoms with E-state index < -0.39 is 25.1 Å². The van der Waals surface area contributed by atoms with Gasteiger partial charge in [0.2, 0.25) is 10.0 Å². The van der Waals surface area contributed by atoms with Crippen molar-refractivity contribution in [3.63, 3.8) is 0 Å². The first-order chi connectivity index (χ1) is 12.2. The Hall–Kier alpha value is -1.64. The largest absolute Gasteiger partial charge is 0.468 e. The first-order valence-electron chi connectivity index (χ1n) is 8.51. The van der Waals surface area contributed by atoms with Crippen LogP contribution in [0.15, 0.2) is 45.9 Å². The van der Waals surface area contributed by atoms with Crippen molar-refractivity contribution < 1.29 is 21.3 Å². The van der Waals surface area contributed by atoms with Gasteiger partial charge in [-0.2, -0.15) is 4.31 Å². The van der Waals surface area contributed by atoms with Crippen molar-refractivity contribution in [2.45, 2.75) is 42.6 Å². The molecule has 0 unspecified atom stereocenters. The quantitative estimate of drug-likeness (QED) is 0.774. The van der Waals surface area contributed by atoms with Gasteiger partial charge < -0.3 is 4.42 Å². The van der Waals surface area contributed by atoms with Crippen molar-refractivity contribution >= 4 is 19.9 Å². The van der Waals surface area contributed by atoms with E-state index in [9.17, 15) is 16.8 Å². The Labute approximate surface area is 154 Å². The molecule has 0 saturated carbocycles. The van der Waals surface area contributed by atoms with Gasteiger partial charge in [0.05, 0.1) is 16.4 Å². The number of sulfonamides is 1. The first-order valence-corrected chi connectivity index (χ1v) is 11.7. The molecule has 0 spiro atoms. The fourth-order valence-electron chi connectivity index (χ4n) is 3.17. The van der Waals surface area contributed by atoms with Crippen LogP contribution in [0.5, 0.6) is 0 Å². The lowest BCUT2D eigenvalue weighted by molar-refractivity contribution is 0.345. The number of hydrogen-bond donors (Lipinski definition) is 0. The van der Waals surface area contributed by atoms with Gasteiger partial charge in [0.15, 0.2) is 9.84 Å². The predicted molar refractivity (Wildman–Crippen MR) is 99.0 cm³/mol. The summed E-state index contributed by atoms with van der Waals surface area (Å²) in [7, 11) is -6.97. The van der Waals surface area contributed by atoms with Gasteiger partial charge in [0.1, 0.15) is 11.5 Å². The average molecular weight is 398 g/mol. The van der Waals surface area contributed by atoms with Crippen molar-refractivity contribution in [3.05, 3.63) is 53.5 Å². The fraction of sp³-hybridized carbons (Fsp3) is 0.444. The molecule has 142 valence electrons. The van der Waals surface area contributed by atoms with Gasteiger partial charge in [-0.05, 0) is 62.1 Å². The maximum absolute atomic E-state index is 12.8. The second kappa shape index (κ2) is 7.17. The number of piperidine rings is 1. The Balaban J connectivity index is 1.70. The number of benzene rings is 1. The molecular formula is C18H23NO5S2. The Morgan fingerprint density at radius 2 is 1.73 bits per heavy atom. The Morgan fingerprint density at radius 3 is 2.31 bits per heavy atom. The zero-order chi connectivity index (χ0) is 18.9. The molecule has 2 heterocycles. The van der Waals surface area contributed by atoms with E-state index in [4.69, 9.17) is 4.42 Å². The van der Waals surface area contributed by atoms with Crippen LogP contribution in [0.4, 0.5) is 0 Å². The maximum atomic E-state index is 12.8. The van der Waals surface area contributed by atoms with E-state index in [0.29, 0.717) is 18.6 Å². The summed E-state index contributed by atoms with van der Waals surface area (Å²) >= 11 is 0. The van der Waals surface area contributed by atoms with Crippen LogP contribution in [0.2, 0.25) is 0 Å².